The number of hydrogen-bond acceptors (Lipinski definition) is 7. The van der Waals surface area contributed by atoms with Gasteiger partial charge in [-0.25, -0.2) is 0 Å². The Labute approximate surface area is 173 Å². The predicted molar refractivity (Wildman–Crippen MR) is 111 cm³/mol. The van der Waals surface area contributed by atoms with Crippen LogP contribution < -0.4 is 9.47 Å². The fourth-order valence-corrected chi connectivity index (χ4v) is 4.15. The summed E-state index contributed by atoms with van der Waals surface area (Å²) in [5, 5.41) is 13.0. The molecule has 7 nitrogen and oxygen atoms in total. The Hall–Kier alpha value is -2.84. The molecule has 1 aliphatic rings. The van der Waals surface area contributed by atoms with Crippen LogP contribution in [0, 0.1) is 0 Å². The number of amides is 1. The van der Waals surface area contributed by atoms with E-state index in [0.29, 0.717) is 30.2 Å². The van der Waals surface area contributed by atoms with Gasteiger partial charge in [-0.15, -0.1) is 11.3 Å². The number of likely N-dealkylation sites (tertiary alicyclic amines) is 1. The molecule has 1 aromatic heterocycles. The van der Waals surface area contributed by atoms with Gasteiger partial charge < -0.3 is 24.4 Å². The first-order valence-corrected chi connectivity index (χ1v) is 9.96. The number of carbonyl (C=O) groups excluding carboxylic acids is 2. The Morgan fingerprint density at radius 3 is 2.55 bits per heavy atom. The standard InChI is InChI=1S/C21H24N2O5S/c1-22(2)9-10-23-18(16-6-5-11-29-16)17(20(25)21(23)26)19(24)14-8-7-13(27-3)12-15(14)28-4/h5-8,11-12,18,24H,9-10H2,1-4H3/b19-17+/t18-/m0/s1. The molecule has 2 heterocycles. The number of thiophene rings is 1. The second-order valence-electron chi connectivity index (χ2n) is 6.88. The number of methoxy groups -OCH3 is 2. The van der Waals surface area contributed by atoms with Crippen LogP contribution in [-0.2, 0) is 9.59 Å². The number of carbonyl (C=O) groups is 2. The molecule has 154 valence electrons. The van der Waals surface area contributed by atoms with E-state index in [1.165, 1.54) is 30.5 Å². The van der Waals surface area contributed by atoms with Gasteiger partial charge in [0.1, 0.15) is 17.3 Å². The molecule has 0 spiro atoms. The largest absolute Gasteiger partial charge is 0.507 e. The lowest BCUT2D eigenvalue weighted by Crippen LogP contribution is -2.35. The Morgan fingerprint density at radius 2 is 1.97 bits per heavy atom. The molecule has 1 fully saturated rings. The van der Waals surface area contributed by atoms with Gasteiger partial charge in [-0.2, -0.15) is 0 Å². The maximum atomic E-state index is 12.9. The highest BCUT2D eigenvalue weighted by molar-refractivity contribution is 7.10. The third-order valence-corrected chi connectivity index (χ3v) is 5.73. The van der Waals surface area contributed by atoms with Crippen molar-refractivity contribution in [2.24, 2.45) is 0 Å². The van der Waals surface area contributed by atoms with Crippen molar-refractivity contribution in [2.45, 2.75) is 6.04 Å². The molecule has 1 aliphatic heterocycles. The molecule has 8 heteroatoms. The highest BCUT2D eigenvalue weighted by atomic mass is 32.1. The van der Waals surface area contributed by atoms with E-state index in [1.807, 2.05) is 36.5 Å². The van der Waals surface area contributed by atoms with Crippen molar-refractivity contribution < 1.29 is 24.2 Å². The van der Waals surface area contributed by atoms with Crippen molar-refractivity contribution in [1.29, 1.82) is 0 Å². The van der Waals surface area contributed by atoms with Crippen LogP contribution in [0.25, 0.3) is 5.76 Å². The summed E-state index contributed by atoms with van der Waals surface area (Å²) in [7, 11) is 6.80. The number of hydrogen-bond donors (Lipinski definition) is 1. The first-order chi connectivity index (χ1) is 13.9. The SMILES string of the molecule is COc1ccc(/C(O)=C2\C(=O)C(=O)N(CCN(C)C)[C@H]2c2cccs2)c(OC)c1. The van der Waals surface area contributed by atoms with Crippen LogP contribution in [0.2, 0.25) is 0 Å². The maximum Gasteiger partial charge on any atom is 0.295 e. The maximum absolute atomic E-state index is 12.9. The van der Waals surface area contributed by atoms with Crippen molar-refractivity contribution in [1.82, 2.24) is 9.80 Å². The molecule has 1 saturated heterocycles. The van der Waals surface area contributed by atoms with Crippen LogP contribution in [0.15, 0.2) is 41.3 Å². The fraction of sp³-hybridized carbons (Fsp3) is 0.333. The van der Waals surface area contributed by atoms with Gasteiger partial charge in [0.2, 0.25) is 0 Å². The molecule has 0 bridgehead atoms. The van der Waals surface area contributed by atoms with Gasteiger partial charge in [0.15, 0.2) is 0 Å². The zero-order valence-electron chi connectivity index (χ0n) is 16.8. The highest BCUT2D eigenvalue weighted by Crippen LogP contribution is 2.42. The third kappa shape index (κ3) is 3.99. The minimum absolute atomic E-state index is 0.0691. The fourth-order valence-electron chi connectivity index (χ4n) is 3.30. The van der Waals surface area contributed by atoms with Crippen LogP contribution in [0.1, 0.15) is 16.5 Å². The van der Waals surface area contributed by atoms with Crippen LogP contribution in [0.5, 0.6) is 11.5 Å². The van der Waals surface area contributed by atoms with Gasteiger partial charge in [-0.1, -0.05) is 6.07 Å². The van der Waals surface area contributed by atoms with Crippen LogP contribution >= 0.6 is 11.3 Å². The summed E-state index contributed by atoms with van der Waals surface area (Å²) >= 11 is 1.44. The molecule has 0 saturated carbocycles. The third-order valence-electron chi connectivity index (χ3n) is 4.80. The van der Waals surface area contributed by atoms with Gasteiger partial charge >= 0.3 is 0 Å². The van der Waals surface area contributed by atoms with E-state index in [9.17, 15) is 14.7 Å². The number of likely N-dealkylation sites (N-methyl/N-ethyl adjacent to an activating group) is 1. The molecule has 1 N–H and O–H groups in total. The molecule has 0 unspecified atom stereocenters. The zero-order valence-corrected chi connectivity index (χ0v) is 17.7. The molecule has 0 radical (unpaired) electrons. The lowest BCUT2D eigenvalue weighted by molar-refractivity contribution is -0.140. The number of aliphatic hydroxyl groups is 1. The smallest absolute Gasteiger partial charge is 0.295 e. The summed E-state index contributed by atoms with van der Waals surface area (Å²) in [6.07, 6.45) is 0. The molecule has 0 aliphatic carbocycles. The number of ketones is 1. The number of nitrogens with zero attached hydrogens (tertiary/aromatic N) is 2. The lowest BCUT2D eigenvalue weighted by atomic mass is 9.99. The van der Waals surface area contributed by atoms with Gasteiger partial charge in [-0.05, 0) is 37.7 Å². The minimum atomic E-state index is -0.697. The molecule has 2 aromatic rings. The Kier molecular flexibility index (Phi) is 6.24. The highest BCUT2D eigenvalue weighted by Gasteiger charge is 2.46. The van der Waals surface area contributed by atoms with Crippen molar-refractivity contribution in [3.8, 4) is 11.5 Å². The molecule has 1 atom stereocenters. The number of benzene rings is 1. The van der Waals surface area contributed by atoms with Crippen molar-refractivity contribution >= 4 is 28.8 Å². The van der Waals surface area contributed by atoms with E-state index in [4.69, 9.17) is 9.47 Å². The Morgan fingerprint density at radius 1 is 1.21 bits per heavy atom. The average Bonchev–Trinajstić information content (AvgIpc) is 3.32. The minimum Gasteiger partial charge on any atom is -0.507 e. The van der Waals surface area contributed by atoms with Crippen molar-refractivity contribution in [3.63, 3.8) is 0 Å². The number of ether oxygens (including phenoxy) is 2. The lowest BCUT2D eigenvalue weighted by Gasteiger charge is -2.25. The van der Waals surface area contributed by atoms with E-state index in [1.54, 1.807) is 18.2 Å². The van der Waals surface area contributed by atoms with E-state index in [2.05, 4.69) is 0 Å². The first-order valence-electron chi connectivity index (χ1n) is 9.08. The summed E-state index contributed by atoms with van der Waals surface area (Å²) in [6.45, 7) is 0.970. The van der Waals surface area contributed by atoms with E-state index < -0.39 is 17.7 Å². The quantitative estimate of drug-likeness (QED) is 0.425. The van der Waals surface area contributed by atoms with Crippen LogP contribution in [0.4, 0.5) is 0 Å². The second kappa shape index (κ2) is 8.67. The summed E-state index contributed by atoms with van der Waals surface area (Å²) in [6, 6.07) is 7.99. The Balaban J connectivity index is 2.14. The molecule has 3 rings (SSSR count). The van der Waals surface area contributed by atoms with E-state index >= 15 is 0 Å². The average molecular weight is 416 g/mol. The Bertz CT molecular complexity index is 937. The van der Waals surface area contributed by atoms with Crippen molar-refractivity contribution in [2.75, 3.05) is 41.4 Å². The predicted octanol–water partition coefficient (Wildman–Crippen LogP) is 2.75. The molecule has 29 heavy (non-hydrogen) atoms. The van der Waals surface area contributed by atoms with Gasteiger partial charge in [0, 0.05) is 24.0 Å². The normalized spacial score (nSPS) is 18.5. The number of rotatable bonds is 7. The number of aliphatic hydroxyl groups excluding tert-OH is 1. The summed E-state index contributed by atoms with van der Waals surface area (Å²) in [5.74, 6) is -0.656. The summed E-state index contributed by atoms with van der Waals surface area (Å²) in [5.41, 5.74) is 0.403. The monoisotopic (exact) mass is 416 g/mol. The van der Waals surface area contributed by atoms with Gasteiger partial charge in [0.05, 0.1) is 31.4 Å². The molecule has 1 amide bonds. The summed E-state index contributed by atoms with van der Waals surface area (Å²) < 4.78 is 10.6. The summed E-state index contributed by atoms with van der Waals surface area (Å²) in [4.78, 5) is 30.0. The molecular formula is C21H24N2O5S. The van der Waals surface area contributed by atoms with Crippen LogP contribution in [0.3, 0.4) is 0 Å². The van der Waals surface area contributed by atoms with Gasteiger partial charge in [0.25, 0.3) is 11.7 Å². The zero-order chi connectivity index (χ0) is 21.1. The number of Topliss-reactive ketones (excluding diaryl/α,β-unsaturated/α-hetero) is 1. The second-order valence-corrected chi connectivity index (χ2v) is 7.86. The first kappa shape index (κ1) is 20.9. The van der Waals surface area contributed by atoms with E-state index in [-0.39, 0.29) is 11.3 Å². The molecular weight excluding hydrogens is 392 g/mol. The van der Waals surface area contributed by atoms with Gasteiger partial charge in [-0.3, -0.25) is 9.59 Å². The van der Waals surface area contributed by atoms with Crippen molar-refractivity contribution in [3.05, 3.63) is 51.7 Å². The van der Waals surface area contributed by atoms with E-state index in [0.717, 1.165) is 4.88 Å². The van der Waals surface area contributed by atoms with Crippen LogP contribution in [-0.4, -0.2) is 68.0 Å². The molecule has 1 aromatic carbocycles. The topological polar surface area (TPSA) is 79.3 Å².